The predicted octanol–water partition coefficient (Wildman–Crippen LogP) is 3.19. The lowest BCUT2D eigenvalue weighted by atomic mass is 10.1. The maximum atomic E-state index is 12.6. The SMILES string of the molecule is CC(=O)c1c[nH]c(C(=O)Nc2cc(C(F)(F)F)ccc2O)c1. The van der Waals surface area contributed by atoms with Gasteiger partial charge >= 0.3 is 6.18 Å². The molecule has 1 aromatic carbocycles. The van der Waals surface area contributed by atoms with E-state index in [1.807, 2.05) is 0 Å². The van der Waals surface area contributed by atoms with E-state index in [0.717, 1.165) is 6.07 Å². The van der Waals surface area contributed by atoms with Crippen molar-refractivity contribution < 1.29 is 27.9 Å². The van der Waals surface area contributed by atoms with Crippen LogP contribution in [0.3, 0.4) is 0 Å². The first-order chi connectivity index (χ1) is 10.2. The molecule has 0 fully saturated rings. The van der Waals surface area contributed by atoms with E-state index in [1.165, 1.54) is 19.2 Å². The van der Waals surface area contributed by atoms with Crippen molar-refractivity contribution in [3.63, 3.8) is 0 Å². The third-order valence-corrected chi connectivity index (χ3v) is 2.91. The fourth-order valence-corrected chi connectivity index (χ4v) is 1.73. The average Bonchev–Trinajstić information content (AvgIpc) is 2.89. The number of halogens is 3. The van der Waals surface area contributed by atoms with E-state index in [2.05, 4.69) is 10.3 Å². The Balaban J connectivity index is 2.25. The van der Waals surface area contributed by atoms with Crippen molar-refractivity contribution in [2.24, 2.45) is 0 Å². The summed E-state index contributed by atoms with van der Waals surface area (Å²) >= 11 is 0. The number of H-pyrrole nitrogens is 1. The summed E-state index contributed by atoms with van der Waals surface area (Å²) in [6.07, 6.45) is -3.29. The molecule has 0 spiro atoms. The standard InChI is InChI=1S/C14H11F3N2O3/c1-7(20)8-4-11(18-6-8)13(22)19-10-5-9(14(15,16)17)2-3-12(10)21/h2-6,18,21H,1H3,(H,19,22). The van der Waals surface area contributed by atoms with Crippen molar-refractivity contribution in [3.05, 3.63) is 47.3 Å². The molecule has 0 saturated heterocycles. The van der Waals surface area contributed by atoms with E-state index in [1.54, 1.807) is 0 Å². The second kappa shape index (κ2) is 5.55. The highest BCUT2D eigenvalue weighted by Crippen LogP contribution is 2.34. The topological polar surface area (TPSA) is 82.2 Å². The Labute approximate surface area is 122 Å². The van der Waals surface area contributed by atoms with Crippen LogP contribution < -0.4 is 5.32 Å². The van der Waals surface area contributed by atoms with Crippen molar-refractivity contribution in [2.75, 3.05) is 5.32 Å². The molecule has 8 heteroatoms. The maximum absolute atomic E-state index is 12.6. The highest BCUT2D eigenvalue weighted by molar-refractivity contribution is 6.05. The van der Waals surface area contributed by atoms with Gasteiger partial charge in [0.1, 0.15) is 11.4 Å². The van der Waals surface area contributed by atoms with Crippen LogP contribution in [0.5, 0.6) is 5.75 Å². The number of amides is 1. The van der Waals surface area contributed by atoms with Crippen molar-refractivity contribution in [2.45, 2.75) is 13.1 Å². The third kappa shape index (κ3) is 3.27. The maximum Gasteiger partial charge on any atom is 0.416 e. The minimum Gasteiger partial charge on any atom is -0.506 e. The molecule has 0 aliphatic rings. The molecule has 0 atom stereocenters. The number of aromatic nitrogens is 1. The van der Waals surface area contributed by atoms with E-state index < -0.39 is 23.4 Å². The number of benzene rings is 1. The summed E-state index contributed by atoms with van der Waals surface area (Å²) in [4.78, 5) is 25.6. The van der Waals surface area contributed by atoms with Crippen LogP contribution in [0, 0.1) is 0 Å². The number of rotatable bonds is 3. The first kappa shape index (κ1) is 15.6. The second-order valence-electron chi connectivity index (χ2n) is 4.54. The second-order valence-corrected chi connectivity index (χ2v) is 4.54. The lowest BCUT2D eigenvalue weighted by Gasteiger charge is -2.11. The van der Waals surface area contributed by atoms with Crippen molar-refractivity contribution >= 4 is 17.4 Å². The summed E-state index contributed by atoms with van der Waals surface area (Å²) in [5.74, 6) is -1.54. The van der Waals surface area contributed by atoms with E-state index in [4.69, 9.17) is 0 Å². The molecule has 3 N–H and O–H groups in total. The molecule has 22 heavy (non-hydrogen) atoms. The Morgan fingerprint density at radius 3 is 2.45 bits per heavy atom. The number of carbonyl (C=O) groups excluding carboxylic acids is 2. The average molecular weight is 312 g/mol. The number of carbonyl (C=O) groups is 2. The zero-order chi connectivity index (χ0) is 16.5. The first-order valence-electron chi connectivity index (χ1n) is 6.09. The molecule has 0 bridgehead atoms. The molecule has 2 aromatic rings. The van der Waals surface area contributed by atoms with Gasteiger partial charge in [-0.3, -0.25) is 9.59 Å². The number of phenolic OH excluding ortho intramolecular Hbond substituents is 1. The predicted molar refractivity (Wildman–Crippen MR) is 71.9 cm³/mol. The molecule has 1 aromatic heterocycles. The quantitative estimate of drug-likeness (QED) is 0.601. The number of hydrogen-bond donors (Lipinski definition) is 3. The molecule has 116 valence electrons. The number of hydrogen-bond acceptors (Lipinski definition) is 3. The van der Waals surface area contributed by atoms with Gasteiger partial charge in [-0.15, -0.1) is 0 Å². The fourth-order valence-electron chi connectivity index (χ4n) is 1.73. The number of alkyl halides is 3. The number of aromatic hydroxyl groups is 1. The van der Waals surface area contributed by atoms with E-state index >= 15 is 0 Å². The first-order valence-corrected chi connectivity index (χ1v) is 6.09. The van der Waals surface area contributed by atoms with Gasteiger partial charge in [0.25, 0.3) is 5.91 Å². The van der Waals surface area contributed by atoms with Gasteiger partial charge in [-0.2, -0.15) is 13.2 Å². The summed E-state index contributed by atoms with van der Waals surface area (Å²) in [5.41, 5.74) is -1.13. The number of phenols is 1. The summed E-state index contributed by atoms with van der Waals surface area (Å²) in [6, 6.07) is 3.44. The lowest BCUT2D eigenvalue weighted by Crippen LogP contribution is -2.13. The third-order valence-electron chi connectivity index (χ3n) is 2.91. The summed E-state index contributed by atoms with van der Waals surface area (Å²) < 4.78 is 37.8. The highest BCUT2D eigenvalue weighted by atomic mass is 19.4. The van der Waals surface area contributed by atoms with Crippen molar-refractivity contribution in [3.8, 4) is 5.75 Å². The monoisotopic (exact) mass is 312 g/mol. The lowest BCUT2D eigenvalue weighted by molar-refractivity contribution is -0.137. The van der Waals surface area contributed by atoms with Gasteiger partial charge in [-0.25, -0.2) is 0 Å². The Bertz CT molecular complexity index is 735. The molecular weight excluding hydrogens is 301 g/mol. The molecule has 0 radical (unpaired) electrons. The summed E-state index contributed by atoms with van der Waals surface area (Å²) in [7, 11) is 0. The largest absolute Gasteiger partial charge is 0.506 e. The van der Waals surface area contributed by atoms with Crippen LogP contribution in [0.4, 0.5) is 18.9 Å². The zero-order valence-electron chi connectivity index (χ0n) is 11.3. The number of ketones is 1. The number of Topliss-reactive ketones (excluding diaryl/α,β-unsaturated/α-hetero) is 1. The van der Waals surface area contributed by atoms with Crippen LogP contribution >= 0.6 is 0 Å². The van der Waals surface area contributed by atoms with Gasteiger partial charge in [-0.1, -0.05) is 0 Å². The van der Waals surface area contributed by atoms with Crippen molar-refractivity contribution in [1.29, 1.82) is 0 Å². The van der Waals surface area contributed by atoms with Crippen LogP contribution in [0.1, 0.15) is 33.3 Å². The van der Waals surface area contributed by atoms with Crippen LogP contribution in [-0.4, -0.2) is 21.8 Å². The van der Waals surface area contributed by atoms with Gasteiger partial charge in [0.2, 0.25) is 0 Å². The van der Waals surface area contributed by atoms with Crippen LogP contribution in [0.15, 0.2) is 30.5 Å². The fraction of sp³-hybridized carbons (Fsp3) is 0.143. The van der Waals surface area contributed by atoms with E-state index in [-0.39, 0.29) is 22.7 Å². The van der Waals surface area contributed by atoms with Gasteiger partial charge in [-0.05, 0) is 31.2 Å². The van der Waals surface area contributed by atoms with Crippen LogP contribution in [0.2, 0.25) is 0 Å². The van der Waals surface area contributed by atoms with Gasteiger partial charge in [0.15, 0.2) is 5.78 Å². The Kier molecular flexibility index (Phi) is 3.94. The molecule has 0 saturated carbocycles. The van der Waals surface area contributed by atoms with Gasteiger partial charge in [0, 0.05) is 11.8 Å². The molecule has 0 aliphatic carbocycles. The Hall–Kier alpha value is -2.77. The van der Waals surface area contributed by atoms with Gasteiger partial charge < -0.3 is 15.4 Å². The van der Waals surface area contributed by atoms with Crippen LogP contribution in [-0.2, 0) is 6.18 Å². The zero-order valence-corrected chi connectivity index (χ0v) is 11.3. The summed E-state index contributed by atoms with van der Waals surface area (Å²) in [5, 5.41) is 11.7. The number of nitrogens with one attached hydrogen (secondary N) is 2. The Morgan fingerprint density at radius 1 is 1.23 bits per heavy atom. The molecule has 0 aliphatic heterocycles. The Morgan fingerprint density at radius 2 is 1.91 bits per heavy atom. The molecule has 5 nitrogen and oxygen atoms in total. The number of aromatic amines is 1. The normalized spacial score (nSPS) is 11.3. The van der Waals surface area contributed by atoms with Crippen LogP contribution in [0.25, 0.3) is 0 Å². The molecule has 1 heterocycles. The molecule has 2 rings (SSSR count). The van der Waals surface area contributed by atoms with Crippen molar-refractivity contribution in [1.82, 2.24) is 4.98 Å². The van der Waals surface area contributed by atoms with Gasteiger partial charge in [0.05, 0.1) is 11.3 Å². The molecule has 1 amide bonds. The van der Waals surface area contributed by atoms with E-state index in [0.29, 0.717) is 12.1 Å². The number of anilines is 1. The minimum atomic E-state index is -4.60. The summed E-state index contributed by atoms with van der Waals surface area (Å²) in [6.45, 7) is 1.31. The van der Waals surface area contributed by atoms with E-state index in [9.17, 15) is 27.9 Å². The molecular formula is C14H11F3N2O3. The molecule has 0 unspecified atom stereocenters. The smallest absolute Gasteiger partial charge is 0.416 e. The highest BCUT2D eigenvalue weighted by Gasteiger charge is 2.31. The minimum absolute atomic E-state index is 0.0120.